The summed E-state index contributed by atoms with van der Waals surface area (Å²) in [5.41, 5.74) is 6.20. The molecular formula is C12H11N3O2. The lowest BCUT2D eigenvalue weighted by Crippen LogP contribution is -2.21. The van der Waals surface area contributed by atoms with Gasteiger partial charge in [-0.2, -0.15) is 0 Å². The summed E-state index contributed by atoms with van der Waals surface area (Å²) < 4.78 is 1.49. The van der Waals surface area contributed by atoms with Crippen molar-refractivity contribution in [1.82, 2.24) is 9.55 Å². The highest BCUT2D eigenvalue weighted by atomic mass is 16.1. The first-order valence-corrected chi connectivity index (χ1v) is 5.07. The van der Waals surface area contributed by atoms with Crippen LogP contribution in [0, 0.1) is 0 Å². The first kappa shape index (κ1) is 11.1. The third-order valence-electron chi connectivity index (χ3n) is 2.37. The fraction of sp³-hybridized carbons (Fsp3) is 0.0833. The van der Waals surface area contributed by atoms with Gasteiger partial charge in [-0.15, -0.1) is 0 Å². The average molecular weight is 229 g/mol. The number of rotatable bonds is 3. The van der Waals surface area contributed by atoms with Crippen LogP contribution in [0.5, 0.6) is 0 Å². The highest BCUT2D eigenvalue weighted by Gasteiger charge is 2.01. The van der Waals surface area contributed by atoms with Crippen LogP contribution in [0.3, 0.4) is 0 Å². The Kier molecular flexibility index (Phi) is 3.00. The van der Waals surface area contributed by atoms with E-state index in [2.05, 4.69) is 4.98 Å². The molecule has 2 aromatic rings. The van der Waals surface area contributed by atoms with Gasteiger partial charge in [-0.3, -0.25) is 9.36 Å². The van der Waals surface area contributed by atoms with E-state index in [4.69, 9.17) is 5.73 Å². The van der Waals surface area contributed by atoms with Crippen molar-refractivity contribution in [3.05, 3.63) is 64.3 Å². The topological polar surface area (TPSA) is 78.0 Å². The van der Waals surface area contributed by atoms with E-state index in [1.165, 1.54) is 10.8 Å². The van der Waals surface area contributed by atoms with Crippen molar-refractivity contribution < 1.29 is 4.79 Å². The van der Waals surface area contributed by atoms with Crippen molar-refractivity contribution in [2.45, 2.75) is 6.54 Å². The summed E-state index contributed by atoms with van der Waals surface area (Å²) in [4.78, 5) is 25.9. The molecule has 0 atom stereocenters. The minimum Gasteiger partial charge on any atom is -0.366 e. The van der Waals surface area contributed by atoms with Crippen LogP contribution in [0.2, 0.25) is 0 Å². The fourth-order valence-electron chi connectivity index (χ4n) is 1.48. The van der Waals surface area contributed by atoms with E-state index in [9.17, 15) is 9.59 Å². The van der Waals surface area contributed by atoms with Gasteiger partial charge >= 0.3 is 5.69 Å². The van der Waals surface area contributed by atoms with Gasteiger partial charge in [0.25, 0.3) is 0 Å². The number of amides is 1. The van der Waals surface area contributed by atoms with Crippen LogP contribution in [-0.2, 0) is 6.54 Å². The molecule has 86 valence electrons. The molecule has 0 fully saturated rings. The van der Waals surface area contributed by atoms with Gasteiger partial charge in [0, 0.05) is 18.0 Å². The normalized spacial score (nSPS) is 10.1. The van der Waals surface area contributed by atoms with Crippen molar-refractivity contribution in [2.75, 3.05) is 0 Å². The van der Waals surface area contributed by atoms with Crippen molar-refractivity contribution in [3.8, 4) is 0 Å². The fourth-order valence-corrected chi connectivity index (χ4v) is 1.48. The molecule has 0 aliphatic heterocycles. The number of nitrogens with two attached hydrogens (primary N) is 1. The van der Waals surface area contributed by atoms with E-state index in [0.717, 1.165) is 5.56 Å². The predicted octanol–water partition coefficient (Wildman–Crippen LogP) is 0.390. The second-order valence-electron chi connectivity index (χ2n) is 3.59. The average Bonchev–Trinajstić information content (AvgIpc) is 2.33. The molecule has 0 aliphatic rings. The Hall–Kier alpha value is -2.43. The Bertz CT molecular complexity index is 587. The Morgan fingerprint density at radius 3 is 2.59 bits per heavy atom. The lowest BCUT2D eigenvalue weighted by Gasteiger charge is -2.04. The minimum atomic E-state index is -0.463. The molecule has 0 saturated carbocycles. The number of carbonyl (C=O) groups excluding carboxylic acids is 1. The standard InChI is InChI=1S/C12H11N3O2/c13-11(16)10-4-2-9(3-5-10)8-15-7-1-6-14-12(15)17/h1-7H,8H2,(H2,13,16). The summed E-state index contributed by atoms with van der Waals surface area (Å²) in [6, 6.07) is 8.50. The molecule has 5 nitrogen and oxygen atoms in total. The first-order chi connectivity index (χ1) is 8.16. The summed E-state index contributed by atoms with van der Waals surface area (Å²) in [6.07, 6.45) is 3.12. The quantitative estimate of drug-likeness (QED) is 0.827. The molecule has 0 bridgehead atoms. The molecule has 5 heteroatoms. The molecule has 0 spiro atoms. The van der Waals surface area contributed by atoms with Crippen molar-refractivity contribution in [3.63, 3.8) is 0 Å². The van der Waals surface area contributed by atoms with E-state index >= 15 is 0 Å². The van der Waals surface area contributed by atoms with Crippen LogP contribution in [-0.4, -0.2) is 15.5 Å². The summed E-state index contributed by atoms with van der Waals surface area (Å²) in [5, 5.41) is 0. The third kappa shape index (κ3) is 2.57. The van der Waals surface area contributed by atoms with Gasteiger partial charge in [-0.1, -0.05) is 12.1 Å². The van der Waals surface area contributed by atoms with Gasteiger partial charge < -0.3 is 5.73 Å². The maximum atomic E-state index is 11.4. The molecule has 2 N–H and O–H groups in total. The number of aromatic nitrogens is 2. The summed E-state index contributed by atoms with van der Waals surface area (Å²) in [7, 11) is 0. The van der Waals surface area contributed by atoms with Crippen molar-refractivity contribution in [2.24, 2.45) is 5.73 Å². The Morgan fingerprint density at radius 1 is 1.29 bits per heavy atom. The summed E-state index contributed by atoms with van der Waals surface area (Å²) in [5.74, 6) is -0.463. The van der Waals surface area contributed by atoms with Gasteiger partial charge in [0.2, 0.25) is 5.91 Å². The minimum absolute atomic E-state index is 0.300. The van der Waals surface area contributed by atoms with Crippen LogP contribution in [0.4, 0.5) is 0 Å². The number of hydrogen-bond acceptors (Lipinski definition) is 3. The molecule has 0 radical (unpaired) electrons. The largest absolute Gasteiger partial charge is 0.366 e. The van der Waals surface area contributed by atoms with E-state index in [1.807, 2.05) is 0 Å². The van der Waals surface area contributed by atoms with E-state index in [-0.39, 0.29) is 5.69 Å². The lowest BCUT2D eigenvalue weighted by molar-refractivity contribution is 0.100. The van der Waals surface area contributed by atoms with Crippen LogP contribution in [0.1, 0.15) is 15.9 Å². The van der Waals surface area contributed by atoms with Gasteiger partial charge in [0.15, 0.2) is 0 Å². The lowest BCUT2D eigenvalue weighted by atomic mass is 10.1. The second kappa shape index (κ2) is 4.61. The number of nitrogens with zero attached hydrogens (tertiary/aromatic N) is 2. The zero-order valence-electron chi connectivity index (χ0n) is 9.04. The Morgan fingerprint density at radius 2 is 2.00 bits per heavy atom. The molecule has 1 heterocycles. The van der Waals surface area contributed by atoms with Gasteiger partial charge in [0.05, 0.1) is 6.54 Å². The zero-order chi connectivity index (χ0) is 12.3. The molecular weight excluding hydrogens is 218 g/mol. The maximum absolute atomic E-state index is 11.4. The van der Waals surface area contributed by atoms with Gasteiger partial charge in [-0.05, 0) is 23.8 Å². The third-order valence-corrected chi connectivity index (χ3v) is 2.37. The second-order valence-corrected chi connectivity index (χ2v) is 3.59. The Balaban J connectivity index is 2.23. The molecule has 0 unspecified atom stereocenters. The number of primary amides is 1. The molecule has 1 aromatic carbocycles. The van der Waals surface area contributed by atoms with Crippen LogP contribution >= 0.6 is 0 Å². The van der Waals surface area contributed by atoms with Crippen molar-refractivity contribution in [1.29, 1.82) is 0 Å². The smallest absolute Gasteiger partial charge is 0.347 e. The van der Waals surface area contributed by atoms with E-state index in [0.29, 0.717) is 12.1 Å². The van der Waals surface area contributed by atoms with E-state index in [1.54, 1.807) is 36.5 Å². The molecule has 1 aromatic heterocycles. The Labute approximate surface area is 97.5 Å². The molecule has 1 amide bonds. The van der Waals surface area contributed by atoms with Crippen LogP contribution in [0.15, 0.2) is 47.5 Å². The maximum Gasteiger partial charge on any atom is 0.347 e. The van der Waals surface area contributed by atoms with E-state index < -0.39 is 5.91 Å². The van der Waals surface area contributed by atoms with Crippen LogP contribution in [0.25, 0.3) is 0 Å². The first-order valence-electron chi connectivity index (χ1n) is 5.07. The number of carbonyl (C=O) groups is 1. The molecule has 0 saturated heterocycles. The predicted molar refractivity (Wildman–Crippen MR) is 62.6 cm³/mol. The summed E-state index contributed by atoms with van der Waals surface area (Å²) in [6.45, 7) is 0.422. The SMILES string of the molecule is NC(=O)c1ccc(Cn2cccnc2=O)cc1. The number of benzene rings is 1. The molecule has 0 aliphatic carbocycles. The van der Waals surface area contributed by atoms with Gasteiger partial charge in [-0.25, -0.2) is 9.78 Å². The van der Waals surface area contributed by atoms with Gasteiger partial charge in [0.1, 0.15) is 0 Å². The molecule has 2 rings (SSSR count). The molecule has 17 heavy (non-hydrogen) atoms. The zero-order valence-corrected chi connectivity index (χ0v) is 9.04. The number of hydrogen-bond donors (Lipinski definition) is 1. The van der Waals surface area contributed by atoms with Crippen molar-refractivity contribution >= 4 is 5.91 Å². The van der Waals surface area contributed by atoms with Crippen LogP contribution < -0.4 is 11.4 Å². The highest BCUT2D eigenvalue weighted by Crippen LogP contribution is 2.04. The monoisotopic (exact) mass is 229 g/mol. The highest BCUT2D eigenvalue weighted by molar-refractivity contribution is 5.92. The summed E-state index contributed by atoms with van der Waals surface area (Å²) >= 11 is 0.